The summed E-state index contributed by atoms with van der Waals surface area (Å²) < 4.78 is 1.75. The van der Waals surface area contributed by atoms with Gasteiger partial charge < -0.3 is 4.90 Å². The minimum atomic E-state index is -0.0199. The third kappa shape index (κ3) is 4.18. The molecule has 1 fully saturated rings. The first-order chi connectivity index (χ1) is 9.90. The number of ketones is 1. The van der Waals surface area contributed by atoms with E-state index in [0.717, 1.165) is 12.3 Å². The van der Waals surface area contributed by atoms with E-state index in [-0.39, 0.29) is 11.0 Å². The Bertz CT molecular complexity index is 506. The van der Waals surface area contributed by atoms with Crippen LogP contribution in [0.25, 0.3) is 0 Å². The van der Waals surface area contributed by atoms with Crippen LogP contribution in [-0.4, -0.2) is 62.6 Å². The van der Waals surface area contributed by atoms with Crippen molar-refractivity contribution in [2.24, 2.45) is 0 Å². The molecule has 0 aromatic carbocycles. The fourth-order valence-electron chi connectivity index (χ4n) is 2.15. The summed E-state index contributed by atoms with van der Waals surface area (Å²) in [5, 5.41) is 5.78. The Morgan fingerprint density at radius 1 is 1.48 bits per heavy atom. The van der Waals surface area contributed by atoms with Crippen molar-refractivity contribution in [3.63, 3.8) is 0 Å². The van der Waals surface area contributed by atoms with Gasteiger partial charge in [-0.1, -0.05) is 25.4 Å². The maximum atomic E-state index is 12.8. The standard InChI is InChI=1S/C14H22ClN3OS2/c1-9-10(2)21-12(8-20-9)14(19)13-11(15)7-16-18(13)6-5-17(3)4/h7,9-10,12H,5-6,8H2,1-4H3. The van der Waals surface area contributed by atoms with Crippen LogP contribution in [0.3, 0.4) is 0 Å². The SMILES string of the molecule is CC1SCC(C(=O)c2c(Cl)cnn2CCN(C)C)SC1C. The van der Waals surface area contributed by atoms with Gasteiger partial charge >= 0.3 is 0 Å². The van der Waals surface area contributed by atoms with Crippen molar-refractivity contribution in [3.05, 3.63) is 16.9 Å². The van der Waals surface area contributed by atoms with Crippen LogP contribution in [0.1, 0.15) is 24.3 Å². The molecule has 4 nitrogen and oxygen atoms in total. The second-order valence-corrected chi connectivity index (χ2v) is 9.00. The number of rotatable bonds is 5. The van der Waals surface area contributed by atoms with Crippen LogP contribution in [0.2, 0.25) is 5.02 Å². The van der Waals surface area contributed by atoms with Crippen molar-refractivity contribution in [1.29, 1.82) is 0 Å². The largest absolute Gasteiger partial charge is 0.308 e. The van der Waals surface area contributed by atoms with Crippen LogP contribution in [0.15, 0.2) is 6.20 Å². The Labute approximate surface area is 140 Å². The molecule has 21 heavy (non-hydrogen) atoms. The molecular weight excluding hydrogens is 326 g/mol. The van der Waals surface area contributed by atoms with E-state index in [4.69, 9.17) is 11.6 Å². The highest BCUT2D eigenvalue weighted by Crippen LogP contribution is 2.37. The zero-order chi connectivity index (χ0) is 15.6. The van der Waals surface area contributed by atoms with Gasteiger partial charge in [0.25, 0.3) is 0 Å². The van der Waals surface area contributed by atoms with Crippen molar-refractivity contribution < 1.29 is 4.79 Å². The van der Waals surface area contributed by atoms with Crippen molar-refractivity contribution in [2.75, 3.05) is 26.4 Å². The van der Waals surface area contributed by atoms with Crippen molar-refractivity contribution in [2.45, 2.75) is 36.1 Å². The summed E-state index contributed by atoms with van der Waals surface area (Å²) in [5.74, 6) is 0.969. The number of thioether (sulfide) groups is 2. The number of hydrogen-bond acceptors (Lipinski definition) is 5. The summed E-state index contributed by atoms with van der Waals surface area (Å²) in [6, 6.07) is 0. The molecule has 2 heterocycles. The van der Waals surface area contributed by atoms with E-state index in [2.05, 4.69) is 23.8 Å². The lowest BCUT2D eigenvalue weighted by Gasteiger charge is -2.30. The number of likely N-dealkylation sites (N-methyl/N-ethyl adjacent to an activating group) is 1. The van der Waals surface area contributed by atoms with Gasteiger partial charge in [-0.3, -0.25) is 9.48 Å². The van der Waals surface area contributed by atoms with Crippen LogP contribution in [-0.2, 0) is 6.54 Å². The van der Waals surface area contributed by atoms with Crippen molar-refractivity contribution >= 4 is 40.9 Å². The quantitative estimate of drug-likeness (QED) is 0.766. The Morgan fingerprint density at radius 2 is 2.19 bits per heavy atom. The van der Waals surface area contributed by atoms with E-state index >= 15 is 0 Å². The van der Waals surface area contributed by atoms with Gasteiger partial charge in [-0.2, -0.15) is 16.9 Å². The second-order valence-electron chi connectivity index (χ2n) is 5.60. The maximum absolute atomic E-state index is 12.8. The molecule has 0 saturated carbocycles. The topological polar surface area (TPSA) is 38.1 Å². The van der Waals surface area contributed by atoms with Gasteiger partial charge in [0, 0.05) is 22.8 Å². The van der Waals surface area contributed by atoms with Crippen molar-refractivity contribution in [1.82, 2.24) is 14.7 Å². The molecule has 0 spiro atoms. The van der Waals surface area contributed by atoms with Crippen molar-refractivity contribution in [3.8, 4) is 0 Å². The molecule has 0 bridgehead atoms. The molecule has 0 amide bonds. The van der Waals surface area contributed by atoms with E-state index in [9.17, 15) is 4.79 Å². The molecular formula is C14H22ClN3OS2. The normalized spacial score (nSPS) is 26.3. The Hall–Kier alpha value is -0.170. The van der Waals surface area contributed by atoms with Gasteiger partial charge in [-0.15, -0.1) is 11.8 Å². The van der Waals surface area contributed by atoms with E-state index in [1.165, 1.54) is 0 Å². The summed E-state index contributed by atoms with van der Waals surface area (Å²) in [4.78, 5) is 14.9. The Kier molecular flexibility index (Phi) is 6.05. The first kappa shape index (κ1) is 17.2. The highest BCUT2D eigenvalue weighted by atomic mass is 35.5. The smallest absolute Gasteiger partial charge is 0.196 e. The minimum absolute atomic E-state index is 0.0199. The highest BCUT2D eigenvalue weighted by molar-refractivity contribution is 8.08. The van der Waals surface area contributed by atoms with Crippen LogP contribution in [0.4, 0.5) is 0 Å². The third-order valence-corrected chi connectivity index (χ3v) is 7.30. The number of carbonyl (C=O) groups is 1. The molecule has 3 atom stereocenters. The predicted molar refractivity (Wildman–Crippen MR) is 92.9 cm³/mol. The number of hydrogen-bond donors (Lipinski definition) is 0. The lowest BCUT2D eigenvalue weighted by Crippen LogP contribution is -2.33. The average molecular weight is 348 g/mol. The predicted octanol–water partition coefficient (Wildman–Crippen LogP) is 2.91. The molecule has 1 aromatic heterocycles. The Balaban J connectivity index is 2.13. The van der Waals surface area contributed by atoms with Crippen LogP contribution >= 0.6 is 35.1 Å². The second kappa shape index (κ2) is 7.40. The lowest BCUT2D eigenvalue weighted by molar-refractivity contribution is 0.0984. The number of Topliss-reactive ketones (excluding diaryl/α,β-unsaturated/α-hetero) is 1. The highest BCUT2D eigenvalue weighted by Gasteiger charge is 2.33. The van der Waals surface area contributed by atoms with E-state index in [1.54, 1.807) is 22.6 Å². The zero-order valence-corrected chi connectivity index (χ0v) is 15.3. The molecule has 2 rings (SSSR count). The number of aromatic nitrogens is 2. The summed E-state index contributed by atoms with van der Waals surface area (Å²) in [6.45, 7) is 5.92. The van der Waals surface area contributed by atoms with Gasteiger partial charge in [0.2, 0.25) is 0 Å². The summed E-state index contributed by atoms with van der Waals surface area (Å²) in [6.07, 6.45) is 1.58. The molecule has 1 aromatic rings. The van der Waals surface area contributed by atoms with Gasteiger partial charge in [-0.25, -0.2) is 0 Å². The van der Waals surface area contributed by atoms with Crippen LogP contribution in [0, 0.1) is 0 Å². The summed E-state index contributed by atoms with van der Waals surface area (Å²) >= 11 is 9.83. The minimum Gasteiger partial charge on any atom is -0.308 e. The first-order valence-electron chi connectivity index (χ1n) is 7.07. The van der Waals surface area contributed by atoms with Gasteiger partial charge in [0.1, 0.15) is 5.69 Å². The molecule has 3 unspecified atom stereocenters. The fraction of sp³-hybridized carbons (Fsp3) is 0.714. The summed E-state index contributed by atoms with van der Waals surface area (Å²) in [7, 11) is 4.01. The van der Waals surface area contributed by atoms with Gasteiger partial charge in [-0.05, 0) is 14.1 Å². The molecule has 0 radical (unpaired) electrons. The van der Waals surface area contributed by atoms with Crippen LogP contribution in [0.5, 0.6) is 0 Å². The van der Waals surface area contributed by atoms with E-state index < -0.39 is 0 Å². The molecule has 1 aliphatic heterocycles. The molecule has 1 aliphatic rings. The molecule has 7 heteroatoms. The fourth-order valence-corrected chi connectivity index (χ4v) is 5.23. The van der Waals surface area contributed by atoms with Gasteiger partial charge in [0.15, 0.2) is 5.78 Å². The molecule has 118 valence electrons. The monoisotopic (exact) mass is 347 g/mol. The first-order valence-corrected chi connectivity index (χ1v) is 9.44. The maximum Gasteiger partial charge on any atom is 0.196 e. The third-order valence-electron chi connectivity index (χ3n) is 3.63. The van der Waals surface area contributed by atoms with Crippen LogP contribution < -0.4 is 0 Å². The summed E-state index contributed by atoms with van der Waals surface area (Å²) in [5.41, 5.74) is 0.568. The lowest BCUT2D eigenvalue weighted by atomic mass is 10.2. The zero-order valence-electron chi connectivity index (χ0n) is 12.9. The average Bonchev–Trinajstić information content (AvgIpc) is 2.80. The number of nitrogens with zero attached hydrogens (tertiary/aromatic N) is 3. The van der Waals surface area contributed by atoms with Gasteiger partial charge in [0.05, 0.1) is 23.0 Å². The van der Waals surface area contributed by atoms with E-state index in [1.807, 2.05) is 25.9 Å². The number of carbonyl (C=O) groups excluding carboxylic acids is 1. The molecule has 1 saturated heterocycles. The van der Waals surface area contributed by atoms with E-state index in [0.29, 0.717) is 27.8 Å². The molecule has 0 aliphatic carbocycles. The Morgan fingerprint density at radius 3 is 2.81 bits per heavy atom. The molecule has 0 N–H and O–H groups in total. The number of halogens is 1.